The molecule has 2 unspecified atom stereocenters. The Morgan fingerprint density at radius 1 is 1.29 bits per heavy atom. The number of nitrogens with one attached hydrogen (secondary N) is 1. The molecule has 1 N–H and O–H groups in total. The lowest BCUT2D eigenvalue weighted by atomic mass is 10.1. The molecular formula is C15H19N3O2S. The van der Waals surface area contributed by atoms with Gasteiger partial charge in [0.05, 0.1) is 16.5 Å². The molecule has 21 heavy (non-hydrogen) atoms. The summed E-state index contributed by atoms with van der Waals surface area (Å²) in [7, 11) is -3.53. The first-order valence-corrected chi connectivity index (χ1v) is 8.71. The molecule has 2 heterocycles. The Labute approximate surface area is 125 Å². The van der Waals surface area contributed by atoms with Gasteiger partial charge in [0.25, 0.3) is 0 Å². The fourth-order valence-electron chi connectivity index (χ4n) is 3.22. The Bertz CT molecular complexity index is 693. The predicted molar refractivity (Wildman–Crippen MR) is 79.2 cm³/mol. The van der Waals surface area contributed by atoms with Crippen LogP contribution in [0.25, 0.3) is 0 Å². The molecule has 0 aliphatic carbocycles. The first kappa shape index (κ1) is 14.5. The Kier molecular flexibility index (Phi) is 3.74. The minimum atomic E-state index is -3.53. The van der Waals surface area contributed by atoms with Gasteiger partial charge in [0.2, 0.25) is 10.0 Å². The maximum atomic E-state index is 12.9. The molecule has 5 nitrogen and oxygen atoms in total. The van der Waals surface area contributed by atoms with E-state index in [9.17, 15) is 8.42 Å². The van der Waals surface area contributed by atoms with Crippen LogP contribution in [0.1, 0.15) is 30.4 Å². The number of rotatable bonds is 2. The fourth-order valence-corrected chi connectivity index (χ4v) is 4.97. The smallest absolute Gasteiger partial charge is 0.243 e. The number of nitrogens with zero attached hydrogens (tertiary/aromatic N) is 2. The third-order valence-corrected chi connectivity index (χ3v) is 6.43. The second-order valence-corrected chi connectivity index (χ2v) is 7.79. The summed E-state index contributed by atoms with van der Waals surface area (Å²) < 4.78 is 27.4. The van der Waals surface area contributed by atoms with Crippen molar-refractivity contribution in [1.82, 2.24) is 9.62 Å². The first-order chi connectivity index (χ1) is 10.0. The van der Waals surface area contributed by atoms with Gasteiger partial charge in [0, 0.05) is 25.2 Å². The number of fused-ring (bicyclic) bond motifs is 2. The fraction of sp³-hybridized carbons (Fsp3) is 0.533. The molecule has 2 bridgehead atoms. The van der Waals surface area contributed by atoms with Crippen molar-refractivity contribution >= 4 is 10.0 Å². The van der Waals surface area contributed by atoms with E-state index in [-0.39, 0.29) is 10.9 Å². The average Bonchev–Trinajstić information content (AvgIpc) is 2.78. The maximum absolute atomic E-state index is 12.9. The number of sulfonamides is 1. The zero-order valence-electron chi connectivity index (χ0n) is 12.0. The highest BCUT2D eigenvalue weighted by Crippen LogP contribution is 2.27. The Hall–Kier alpha value is -1.42. The van der Waals surface area contributed by atoms with Crippen LogP contribution in [0, 0.1) is 18.3 Å². The van der Waals surface area contributed by atoms with Crippen LogP contribution >= 0.6 is 0 Å². The number of aryl methyl sites for hydroxylation is 1. The molecule has 3 rings (SSSR count). The van der Waals surface area contributed by atoms with Gasteiger partial charge < -0.3 is 5.32 Å². The van der Waals surface area contributed by atoms with Crippen LogP contribution in [0.15, 0.2) is 23.1 Å². The summed E-state index contributed by atoms with van der Waals surface area (Å²) in [5.74, 6) is 0. The highest BCUT2D eigenvalue weighted by atomic mass is 32.2. The van der Waals surface area contributed by atoms with Crippen molar-refractivity contribution in [3.8, 4) is 6.07 Å². The van der Waals surface area contributed by atoms with Crippen molar-refractivity contribution < 1.29 is 8.42 Å². The molecular weight excluding hydrogens is 286 g/mol. The molecule has 2 aliphatic heterocycles. The number of nitriles is 1. The van der Waals surface area contributed by atoms with E-state index in [2.05, 4.69) is 5.32 Å². The van der Waals surface area contributed by atoms with Crippen LogP contribution in [0.2, 0.25) is 0 Å². The summed E-state index contributed by atoms with van der Waals surface area (Å²) in [5.41, 5.74) is 1.07. The molecule has 1 aromatic carbocycles. The SMILES string of the molecule is Cc1ccc(C#N)cc1S(=O)(=O)N1CCC2CCC(C1)N2. The highest BCUT2D eigenvalue weighted by molar-refractivity contribution is 7.89. The molecule has 2 fully saturated rings. The standard InChI is InChI=1S/C15H19N3O2S/c1-11-2-3-12(9-16)8-15(11)21(19,20)18-7-6-13-4-5-14(10-18)17-13/h2-3,8,13-14,17H,4-7,10H2,1H3. The highest BCUT2D eigenvalue weighted by Gasteiger charge is 2.35. The summed E-state index contributed by atoms with van der Waals surface area (Å²) in [6.07, 6.45) is 3.03. The van der Waals surface area contributed by atoms with Gasteiger partial charge in [0.15, 0.2) is 0 Å². The quantitative estimate of drug-likeness (QED) is 0.896. The van der Waals surface area contributed by atoms with Crippen LogP contribution in [-0.2, 0) is 10.0 Å². The van der Waals surface area contributed by atoms with Crippen molar-refractivity contribution in [2.45, 2.75) is 43.2 Å². The molecule has 0 saturated carbocycles. The van der Waals surface area contributed by atoms with Crippen LogP contribution in [0.3, 0.4) is 0 Å². The van der Waals surface area contributed by atoms with Crippen LogP contribution in [0.5, 0.6) is 0 Å². The van der Waals surface area contributed by atoms with Gasteiger partial charge in [-0.3, -0.25) is 0 Å². The lowest BCUT2D eigenvalue weighted by Crippen LogP contribution is -2.39. The van der Waals surface area contributed by atoms with Gasteiger partial charge in [-0.05, 0) is 43.9 Å². The maximum Gasteiger partial charge on any atom is 0.243 e. The molecule has 1 aromatic rings. The topological polar surface area (TPSA) is 73.2 Å². The first-order valence-electron chi connectivity index (χ1n) is 7.27. The van der Waals surface area contributed by atoms with E-state index in [1.807, 2.05) is 6.07 Å². The molecule has 6 heteroatoms. The van der Waals surface area contributed by atoms with Crippen molar-refractivity contribution in [2.75, 3.05) is 13.1 Å². The minimum Gasteiger partial charge on any atom is -0.310 e. The lowest BCUT2D eigenvalue weighted by Gasteiger charge is -2.24. The Morgan fingerprint density at radius 2 is 2.05 bits per heavy atom. The van der Waals surface area contributed by atoms with Crippen molar-refractivity contribution in [1.29, 1.82) is 5.26 Å². The van der Waals surface area contributed by atoms with Crippen LogP contribution in [0.4, 0.5) is 0 Å². The van der Waals surface area contributed by atoms with Crippen LogP contribution < -0.4 is 5.32 Å². The minimum absolute atomic E-state index is 0.256. The van der Waals surface area contributed by atoms with Gasteiger partial charge in [-0.25, -0.2) is 8.42 Å². The molecule has 0 amide bonds. The molecule has 0 radical (unpaired) electrons. The summed E-state index contributed by atoms with van der Waals surface area (Å²) >= 11 is 0. The molecule has 112 valence electrons. The van der Waals surface area contributed by atoms with Gasteiger partial charge in [0.1, 0.15) is 0 Å². The van der Waals surface area contributed by atoms with Gasteiger partial charge in [-0.15, -0.1) is 0 Å². The number of benzene rings is 1. The average molecular weight is 305 g/mol. The molecule has 0 spiro atoms. The van der Waals surface area contributed by atoms with Crippen LogP contribution in [-0.4, -0.2) is 37.9 Å². The number of hydrogen-bond donors (Lipinski definition) is 1. The molecule has 2 saturated heterocycles. The lowest BCUT2D eigenvalue weighted by molar-refractivity contribution is 0.383. The Morgan fingerprint density at radius 3 is 2.81 bits per heavy atom. The molecule has 2 atom stereocenters. The van der Waals surface area contributed by atoms with E-state index in [1.165, 1.54) is 6.07 Å². The second-order valence-electron chi connectivity index (χ2n) is 5.88. The van der Waals surface area contributed by atoms with Gasteiger partial charge >= 0.3 is 0 Å². The summed E-state index contributed by atoms with van der Waals surface area (Å²) in [6, 6.07) is 7.56. The van der Waals surface area contributed by atoms with E-state index in [0.717, 1.165) is 19.3 Å². The van der Waals surface area contributed by atoms with E-state index in [0.29, 0.717) is 30.3 Å². The summed E-state index contributed by atoms with van der Waals surface area (Å²) in [5, 5.41) is 12.5. The normalized spacial score (nSPS) is 26.3. The van der Waals surface area contributed by atoms with E-state index in [4.69, 9.17) is 5.26 Å². The van der Waals surface area contributed by atoms with Gasteiger partial charge in [-0.1, -0.05) is 6.07 Å². The largest absolute Gasteiger partial charge is 0.310 e. The molecule has 0 aromatic heterocycles. The van der Waals surface area contributed by atoms with Crippen molar-refractivity contribution in [2.24, 2.45) is 0 Å². The second kappa shape index (κ2) is 5.41. The summed E-state index contributed by atoms with van der Waals surface area (Å²) in [6.45, 7) is 2.85. The monoisotopic (exact) mass is 305 g/mol. The van der Waals surface area contributed by atoms with E-state index in [1.54, 1.807) is 23.4 Å². The van der Waals surface area contributed by atoms with Gasteiger partial charge in [-0.2, -0.15) is 9.57 Å². The predicted octanol–water partition coefficient (Wildman–Crippen LogP) is 1.38. The van der Waals surface area contributed by atoms with Crippen molar-refractivity contribution in [3.05, 3.63) is 29.3 Å². The molecule has 2 aliphatic rings. The third kappa shape index (κ3) is 2.69. The zero-order valence-corrected chi connectivity index (χ0v) is 12.9. The third-order valence-electron chi connectivity index (χ3n) is 4.42. The Balaban J connectivity index is 1.95. The van der Waals surface area contributed by atoms with E-state index >= 15 is 0 Å². The summed E-state index contributed by atoms with van der Waals surface area (Å²) in [4.78, 5) is 0.263. The van der Waals surface area contributed by atoms with Crippen molar-refractivity contribution in [3.63, 3.8) is 0 Å². The zero-order chi connectivity index (χ0) is 15.0. The van der Waals surface area contributed by atoms with E-state index < -0.39 is 10.0 Å². The number of hydrogen-bond acceptors (Lipinski definition) is 4.